The summed E-state index contributed by atoms with van der Waals surface area (Å²) in [7, 11) is 0. The third-order valence-corrected chi connectivity index (χ3v) is 4.26. The maximum absolute atomic E-state index is 11.9. The summed E-state index contributed by atoms with van der Waals surface area (Å²) in [6.07, 6.45) is 3.34. The largest absolute Gasteiger partial charge is 0.381 e. The molecular formula is C20H20ClN3O. The lowest BCUT2D eigenvalue weighted by atomic mass is 10.1. The fourth-order valence-corrected chi connectivity index (χ4v) is 2.78. The first kappa shape index (κ1) is 17.2. The fourth-order valence-electron chi connectivity index (χ4n) is 2.65. The normalized spacial score (nSPS) is 10.6. The van der Waals surface area contributed by atoms with Gasteiger partial charge in [-0.25, -0.2) is 0 Å². The van der Waals surface area contributed by atoms with E-state index in [4.69, 9.17) is 11.6 Å². The summed E-state index contributed by atoms with van der Waals surface area (Å²) in [6.45, 7) is 2.65. The van der Waals surface area contributed by atoms with Crippen LogP contribution in [0.15, 0.2) is 54.7 Å². The second kappa shape index (κ2) is 7.99. The quantitative estimate of drug-likeness (QED) is 0.565. The highest BCUT2D eigenvalue weighted by atomic mass is 35.5. The van der Waals surface area contributed by atoms with Crippen LogP contribution in [0, 0.1) is 0 Å². The summed E-state index contributed by atoms with van der Waals surface area (Å²) in [6, 6.07) is 15.2. The van der Waals surface area contributed by atoms with E-state index in [0.717, 1.165) is 34.5 Å². The Balaban J connectivity index is 1.67. The number of Topliss-reactive ketones (excluding diaryl/α,β-unsaturated/α-hetero) is 1. The summed E-state index contributed by atoms with van der Waals surface area (Å²) in [5, 5.41) is 11.3. The molecule has 5 heteroatoms. The number of halogens is 1. The molecule has 25 heavy (non-hydrogen) atoms. The average Bonchev–Trinajstić information content (AvgIpc) is 3.10. The molecule has 128 valence electrons. The maximum Gasteiger partial charge on any atom is 0.162 e. The zero-order chi connectivity index (χ0) is 17.6. The second-order valence-corrected chi connectivity index (χ2v) is 6.31. The van der Waals surface area contributed by atoms with Crippen molar-refractivity contribution in [2.45, 2.75) is 26.3 Å². The predicted molar refractivity (Wildman–Crippen MR) is 102 cm³/mol. The van der Waals surface area contributed by atoms with Crippen molar-refractivity contribution in [3.05, 3.63) is 70.9 Å². The molecule has 3 rings (SSSR count). The van der Waals surface area contributed by atoms with Gasteiger partial charge in [-0.05, 0) is 42.8 Å². The average molecular weight is 354 g/mol. The van der Waals surface area contributed by atoms with Gasteiger partial charge in [-0.2, -0.15) is 5.10 Å². The van der Waals surface area contributed by atoms with Crippen molar-refractivity contribution in [1.82, 2.24) is 10.2 Å². The number of H-pyrrole nitrogens is 1. The lowest BCUT2D eigenvalue weighted by Gasteiger charge is -2.08. The standard InChI is InChI=1S/C20H20ClN3O/c1-2-3-19(25)14-6-10-18(11-7-14)22-12-16-13-23-24-20(16)15-4-8-17(21)9-5-15/h4-11,13,22H,2-3,12H2,1H3,(H,23,24). The number of aromatic amines is 1. The van der Waals surface area contributed by atoms with E-state index in [2.05, 4.69) is 15.5 Å². The van der Waals surface area contributed by atoms with Gasteiger partial charge in [0.25, 0.3) is 0 Å². The van der Waals surface area contributed by atoms with E-state index in [1.165, 1.54) is 0 Å². The molecule has 0 aliphatic rings. The van der Waals surface area contributed by atoms with Crippen molar-refractivity contribution in [1.29, 1.82) is 0 Å². The molecule has 0 saturated heterocycles. The van der Waals surface area contributed by atoms with Crippen LogP contribution in [0.1, 0.15) is 35.7 Å². The fraction of sp³-hybridized carbons (Fsp3) is 0.200. The molecule has 1 heterocycles. The molecule has 0 radical (unpaired) electrons. The second-order valence-electron chi connectivity index (χ2n) is 5.87. The Morgan fingerprint density at radius 1 is 1.12 bits per heavy atom. The van der Waals surface area contributed by atoms with Crippen molar-refractivity contribution < 1.29 is 4.79 Å². The minimum atomic E-state index is 0.189. The van der Waals surface area contributed by atoms with Crippen LogP contribution in [0.2, 0.25) is 5.02 Å². The van der Waals surface area contributed by atoms with Crippen molar-refractivity contribution in [2.75, 3.05) is 5.32 Å². The Morgan fingerprint density at radius 2 is 1.84 bits per heavy atom. The summed E-state index contributed by atoms with van der Waals surface area (Å²) < 4.78 is 0. The first-order valence-electron chi connectivity index (χ1n) is 8.33. The minimum absolute atomic E-state index is 0.189. The van der Waals surface area contributed by atoms with Crippen LogP contribution in [-0.2, 0) is 6.54 Å². The van der Waals surface area contributed by atoms with Crippen LogP contribution in [0.5, 0.6) is 0 Å². The number of carbonyl (C=O) groups is 1. The highest BCUT2D eigenvalue weighted by molar-refractivity contribution is 6.30. The van der Waals surface area contributed by atoms with Crippen molar-refractivity contribution in [3.8, 4) is 11.3 Å². The Kier molecular flexibility index (Phi) is 5.51. The Labute approximate surface area is 152 Å². The smallest absolute Gasteiger partial charge is 0.162 e. The van der Waals surface area contributed by atoms with E-state index in [0.29, 0.717) is 18.0 Å². The Morgan fingerprint density at radius 3 is 2.52 bits per heavy atom. The monoisotopic (exact) mass is 353 g/mol. The summed E-state index contributed by atoms with van der Waals surface area (Å²) in [5.74, 6) is 0.189. The number of benzene rings is 2. The number of hydrogen-bond acceptors (Lipinski definition) is 3. The van der Waals surface area contributed by atoms with E-state index in [1.807, 2.05) is 61.7 Å². The molecule has 2 aromatic carbocycles. The zero-order valence-corrected chi connectivity index (χ0v) is 14.8. The highest BCUT2D eigenvalue weighted by Gasteiger charge is 2.09. The highest BCUT2D eigenvalue weighted by Crippen LogP contribution is 2.23. The van der Waals surface area contributed by atoms with Gasteiger partial charge in [0.1, 0.15) is 0 Å². The molecule has 0 spiro atoms. The number of aromatic nitrogens is 2. The molecule has 0 aliphatic heterocycles. The van der Waals surface area contributed by atoms with Gasteiger partial charge in [0, 0.05) is 46.6 Å². The molecule has 0 amide bonds. The first-order valence-corrected chi connectivity index (χ1v) is 8.71. The number of rotatable bonds is 7. The van der Waals surface area contributed by atoms with E-state index < -0.39 is 0 Å². The van der Waals surface area contributed by atoms with E-state index >= 15 is 0 Å². The summed E-state index contributed by atoms with van der Waals surface area (Å²) in [4.78, 5) is 11.9. The van der Waals surface area contributed by atoms with E-state index in [1.54, 1.807) is 0 Å². The number of nitrogens with one attached hydrogen (secondary N) is 2. The molecule has 0 fully saturated rings. The van der Waals surface area contributed by atoms with Crippen LogP contribution in [0.4, 0.5) is 5.69 Å². The third kappa shape index (κ3) is 4.28. The minimum Gasteiger partial charge on any atom is -0.381 e. The SMILES string of the molecule is CCCC(=O)c1ccc(NCc2c[nH]nc2-c2ccc(Cl)cc2)cc1. The molecule has 2 N–H and O–H groups in total. The van der Waals surface area contributed by atoms with E-state index in [9.17, 15) is 4.79 Å². The van der Waals surface area contributed by atoms with Gasteiger partial charge in [-0.1, -0.05) is 30.7 Å². The van der Waals surface area contributed by atoms with Gasteiger partial charge in [0.15, 0.2) is 5.78 Å². The van der Waals surface area contributed by atoms with E-state index in [-0.39, 0.29) is 5.78 Å². The number of ketones is 1. The van der Waals surface area contributed by atoms with Crippen LogP contribution < -0.4 is 5.32 Å². The van der Waals surface area contributed by atoms with Crippen LogP contribution in [0.3, 0.4) is 0 Å². The molecule has 1 aromatic heterocycles. The molecule has 0 bridgehead atoms. The van der Waals surface area contributed by atoms with Gasteiger partial charge in [-0.15, -0.1) is 0 Å². The molecule has 0 saturated carbocycles. The van der Waals surface area contributed by atoms with Crippen LogP contribution >= 0.6 is 11.6 Å². The predicted octanol–water partition coefficient (Wildman–Crippen LogP) is 5.33. The van der Waals surface area contributed by atoms with Crippen molar-refractivity contribution in [2.24, 2.45) is 0 Å². The lowest BCUT2D eigenvalue weighted by molar-refractivity contribution is 0.0982. The summed E-state index contributed by atoms with van der Waals surface area (Å²) in [5.41, 5.74) is 4.71. The number of carbonyl (C=O) groups excluding carboxylic acids is 1. The van der Waals surface area contributed by atoms with Crippen molar-refractivity contribution >= 4 is 23.1 Å². The van der Waals surface area contributed by atoms with Gasteiger partial charge in [0.05, 0.1) is 5.69 Å². The van der Waals surface area contributed by atoms with Gasteiger partial charge >= 0.3 is 0 Å². The first-order chi connectivity index (χ1) is 12.2. The number of hydrogen-bond donors (Lipinski definition) is 2. The zero-order valence-electron chi connectivity index (χ0n) is 14.1. The number of anilines is 1. The molecular weight excluding hydrogens is 334 g/mol. The van der Waals surface area contributed by atoms with Gasteiger partial charge in [-0.3, -0.25) is 9.89 Å². The lowest BCUT2D eigenvalue weighted by Crippen LogP contribution is -2.02. The maximum atomic E-state index is 11.9. The van der Waals surface area contributed by atoms with Gasteiger partial charge < -0.3 is 5.32 Å². The summed E-state index contributed by atoms with van der Waals surface area (Å²) >= 11 is 5.94. The van der Waals surface area contributed by atoms with Crippen LogP contribution in [0.25, 0.3) is 11.3 Å². The van der Waals surface area contributed by atoms with Crippen molar-refractivity contribution in [3.63, 3.8) is 0 Å². The molecule has 4 nitrogen and oxygen atoms in total. The Hall–Kier alpha value is -2.59. The molecule has 0 atom stereocenters. The molecule has 3 aromatic rings. The number of nitrogens with zero attached hydrogens (tertiary/aromatic N) is 1. The van der Waals surface area contributed by atoms with Crippen LogP contribution in [-0.4, -0.2) is 16.0 Å². The Bertz CT molecular complexity index is 838. The third-order valence-electron chi connectivity index (χ3n) is 4.00. The topological polar surface area (TPSA) is 57.8 Å². The van der Waals surface area contributed by atoms with Gasteiger partial charge in [0.2, 0.25) is 0 Å². The molecule has 0 unspecified atom stereocenters. The molecule has 0 aliphatic carbocycles.